The van der Waals surface area contributed by atoms with Gasteiger partial charge in [0.15, 0.2) is 0 Å². The van der Waals surface area contributed by atoms with Gasteiger partial charge < -0.3 is 16.4 Å². The van der Waals surface area contributed by atoms with Crippen LogP contribution in [0.15, 0.2) is 36.7 Å². The van der Waals surface area contributed by atoms with Crippen LogP contribution in [0.2, 0.25) is 0 Å². The average Bonchev–Trinajstić information content (AvgIpc) is 2.40. The van der Waals surface area contributed by atoms with E-state index in [1.54, 1.807) is 0 Å². The summed E-state index contributed by atoms with van der Waals surface area (Å²) in [5.41, 5.74) is 7.64. The highest BCUT2D eigenvalue weighted by Crippen LogP contribution is 2.16. The van der Waals surface area contributed by atoms with Gasteiger partial charge in [-0.05, 0) is 24.6 Å². The molecule has 0 bridgehead atoms. The van der Waals surface area contributed by atoms with Crippen LogP contribution < -0.4 is 16.4 Å². The minimum absolute atomic E-state index is 0.554. The number of nitrogens with zero attached hydrogens (tertiary/aromatic N) is 2. The van der Waals surface area contributed by atoms with E-state index in [2.05, 4.69) is 20.6 Å². The lowest BCUT2D eigenvalue weighted by Gasteiger charge is -2.08. The second-order valence-corrected chi connectivity index (χ2v) is 3.84. The fourth-order valence-electron chi connectivity index (χ4n) is 1.58. The summed E-state index contributed by atoms with van der Waals surface area (Å²) in [5, 5.41) is 6.37. The molecule has 2 rings (SSSR count). The minimum atomic E-state index is 0.554. The molecule has 0 atom stereocenters. The molecule has 0 saturated heterocycles. The highest BCUT2D eigenvalue weighted by atomic mass is 15.1. The van der Waals surface area contributed by atoms with E-state index >= 15 is 0 Å². The van der Waals surface area contributed by atoms with Crippen molar-refractivity contribution in [3.8, 4) is 0 Å². The van der Waals surface area contributed by atoms with E-state index in [-0.39, 0.29) is 0 Å². The summed E-state index contributed by atoms with van der Waals surface area (Å²) >= 11 is 0. The number of anilines is 3. The van der Waals surface area contributed by atoms with E-state index in [9.17, 15) is 0 Å². The maximum absolute atomic E-state index is 5.56. The van der Waals surface area contributed by atoms with Gasteiger partial charge >= 0.3 is 0 Å². The molecule has 1 aromatic heterocycles. The third-order valence-electron chi connectivity index (χ3n) is 2.49. The second-order valence-electron chi connectivity index (χ2n) is 3.84. The van der Waals surface area contributed by atoms with Crippen molar-refractivity contribution in [2.75, 3.05) is 17.2 Å². The Bertz CT molecular complexity index is 495. The molecule has 0 fully saturated rings. The first-order valence-electron chi connectivity index (χ1n) is 5.93. The van der Waals surface area contributed by atoms with Crippen LogP contribution in [0, 0.1) is 0 Å². The molecular weight excluding hydrogens is 226 g/mol. The van der Waals surface area contributed by atoms with Crippen molar-refractivity contribution in [2.24, 2.45) is 5.73 Å². The molecule has 18 heavy (non-hydrogen) atoms. The summed E-state index contributed by atoms with van der Waals surface area (Å²) in [6.45, 7) is 3.42. The molecule has 4 N–H and O–H groups in total. The molecule has 0 saturated carbocycles. The lowest BCUT2D eigenvalue weighted by Crippen LogP contribution is -2.01. The smallest absolute Gasteiger partial charge is 0.135 e. The first-order valence-corrected chi connectivity index (χ1v) is 5.93. The topological polar surface area (TPSA) is 75.9 Å². The minimum Gasteiger partial charge on any atom is -0.370 e. The molecule has 5 heteroatoms. The SMILES string of the molecule is CCNc1cc(Nc2ccc(CN)cc2)ncn1. The number of aromatic nitrogens is 2. The van der Waals surface area contributed by atoms with Crippen LogP contribution in [-0.2, 0) is 6.54 Å². The van der Waals surface area contributed by atoms with Gasteiger partial charge in [0.1, 0.15) is 18.0 Å². The van der Waals surface area contributed by atoms with Gasteiger partial charge in [0.25, 0.3) is 0 Å². The monoisotopic (exact) mass is 243 g/mol. The molecule has 0 radical (unpaired) electrons. The normalized spacial score (nSPS) is 10.1. The summed E-state index contributed by atoms with van der Waals surface area (Å²) in [6, 6.07) is 9.83. The summed E-state index contributed by atoms with van der Waals surface area (Å²) in [4.78, 5) is 8.29. The lowest BCUT2D eigenvalue weighted by molar-refractivity contribution is 1.07. The lowest BCUT2D eigenvalue weighted by atomic mass is 10.2. The van der Waals surface area contributed by atoms with Gasteiger partial charge in [0, 0.05) is 24.8 Å². The maximum Gasteiger partial charge on any atom is 0.135 e. The molecule has 0 aliphatic heterocycles. The van der Waals surface area contributed by atoms with Gasteiger partial charge in [-0.2, -0.15) is 0 Å². The van der Waals surface area contributed by atoms with Crippen molar-refractivity contribution in [1.29, 1.82) is 0 Å². The van der Waals surface area contributed by atoms with E-state index in [4.69, 9.17) is 5.73 Å². The van der Waals surface area contributed by atoms with Crippen molar-refractivity contribution >= 4 is 17.3 Å². The molecule has 0 unspecified atom stereocenters. The molecule has 0 aliphatic carbocycles. The zero-order valence-corrected chi connectivity index (χ0v) is 10.4. The van der Waals surface area contributed by atoms with Gasteiger partial charge in [-0.15, -0.1) is 0 Å². The van der Waals surface area contributed by atoms with Crippen molar-refractivity contribution in [2.45, 2.75) is 13.5 Å². The van der Waals surface area contributed by atoms with Crippen LogP contribution in [0.1, 0.15) is 12.5 Å². The number of nitrogens with two attached hydrogens (primary N) is 1. The first kappa shape index (κ1) is 12.3. The summed E-state index contributed by atoms with van der Waals surface area (Å²) in [7, 11) is 0. The molecule has 1 heterocycles. The third kappa shape index (κ3) is 3.18. The van der Waals surface area contributed by atoms with Crippen molar-refractivity contribution in [1.82, 2.24) is 9.97 Å². The van der Waals surface area contributed by atoms with Crippen LogP contribution in [0.4, 0.5) is 17.3 Å². The molecule has 2 aromatic rings. The Kier molecular flexibility index (Phi) is 4.09. The fourth-order valence-corrected chi connectivity index (χ4v) is 1.58. The largest absolute Gasteiger partial charge is 0.370 e. The molecular formula is C13H17N5. The Morgan fingerprint density at radius 3 is 2.50 bits per heavy atom. The summed E-state index contributed by atoms with van der Waals surface area (Å²) in [6.07, 6.45) is 1.54. The van der Waals surface area contributed by atoms with Crippen molar-refractivity contribution in [3.05, 3.63) is 42.2 Å². The molecule has 0 amide bonds. The van der Waals surface area contributed by atoms with E-state index in [0.29, 0.717) is 6.54 Å². The van der Waals surface area contributed by atoms with Crippen molar-refractivity contribution in [3.63, 3.8) is 0 Å². The second kappa shape index (κ2) is 5.97. The number of hydrogen-bond donors (Lipinski definition) is 3. The molecule has 0 spiro atoms. The highest BCUT2D eigenvalue weighted by molar-refractivity contribution is 5.59. The van der Waals surface area contributed by atoms with Crippen LogP contribution in [0.5, 0.6) is 0 Å². The van der Waals surface area contributed by atoms with E-state index < -0.39 is 0 Å². The Hall–Kier alpha value is -2.14. The number of nitrogens with one attached hydrogen (secondary N) is 2. The van der Waals surface area contributed by atoms with Crippen LogP contribution in [0.25, 0.3) is 0 Å². The Labute approximate surface area is 106 Å². The van der Waals surface area contributed by atoms with E-state index in [1.165, 1.54) is 6.33 Å². The van der Waals surface area contributed by atoms with Crippen LogP contribution in [-0.4, -0.2) is 16.5 Å². The van der Waals surface area contributed by atoms with Crippen LogP contribution >= 0.6 is 0 Å². The molecule has 5 nitrogen and oxygen atoms in total. The van der Waals surface area contributed by atoms with Crippen molar-refractivity contribution < 1.29 is 0 Å². The van der Waals surface area contributed by atoms with Crippen LogP contribution in [0.3, 0.4) is 0 Å². The predicted molar refractivity (Wildman–Crippen MR) is 73.8 cm³/mol. The Morgan fingerprint density at radius 1 is 1.11 bits per heavy atom. The Morgan fingerprint density at radius 2 is 1.83 bits per heavy atom. The number of hydrogen-bond acceptors (Lipinski definition) is 5. The Balaban J connectivity index is 2.09. The third-order valence-corrected chi connectivity index (χ3v) is 2.49. The van der Waals surface area contributed by atoms with E-state index in [1.807, 2.05) is 37.3 Å². The fraction of sp³-hybridized carbons (Fsp3) is 0.231. The molecule has 94 valence electrons. The maximum atomic E-state index is 5.56. The van der Waals surface area contributed by atoms with Gasteiger partial charge in [-0.3, -0.25) is 0 Å². The summed E-state index contributed by atoms with van der Waals surface area (Å²) < 4.78 is 0. The number of benzene rings is 1. The molecule has 1 aromatic carbocycles. The van der Waals surface area contributed by atoms with Gasteiger partial charge in [0.05, 0.1) is 0 Å². The zero-order valence-electron chi connectivity index (χ0n) is 10.4. The molecule has 0 aliphatic rings. The average molecular weight is 243 g/mol. The first-order chi connectivity index (χ1) is 8.81. The van der Waals surface area contributed by atoms with Gasteiger partial charge in [-0.25, -0.2) is 9.97 Å². The number of rotatable bonds is 5. The van der Waals surface area contributed by atoms with Gasteiger partial charge in [-0.1, -0.05) is 12.1 Å². The predicted octanol–water partition coefficient (Wildman–Crippen LogP) is 2.11. The quantitative estimate of drug-likeness (QED) is 0.750. The van der Waals surface area contributed by atoms with Gasteiger partial charge in [0.2, 0.25) is 0 Å². The summed E-state index contributed by atoms with van der Waals surface area (Å²) in [5.74, 6) is 1.58. The highest BCUT2D eigenvalue weighted by Gasteiger charge is 1.99. The standard InChI is InChI=1S/C13H17N5/c1-2-15-12-7-13(17-9-16-12)18-11-5-3-10(8-14)4-6-11/h3-7,9H,2,8,14H2,1H3,(H2,15,16,17,18). The van der Waals surface area contributed by atoms with E-state index in [0.717, 1.165) is 29.4 Å². The zero-order chi connectivity index (χ0) is 12.8.